The summed E-state index contributed by atoms with van der Waals surface area (Å²) in [6.07, 6.45) is 1.01. The average molecular weight is 223 g/mol. The van der Waals surface area contributed by atoms with E-state index >= 15 is 0 Å². The molecule has 0 atom stereocenters. The molecule has 0 aliphatic heterocycles. The van der Waals surface area contributed by atoms with Crippen LogP contribution in [-0.2, 0) is 9.47 Å². The summed E-state index contributed by atoms with van der Waals surface area (Å²) in [5.74, 6) is 0. The summed E-state index contributed by atoms with van der Waals surface area (Å²) in [7, 11) is 1.68. The van der Waals surface area contributed by atoms with Crippen LogP contribution in [0.5, 0.6) is 0 Å². The maximum Gasteiger partial charge on any atom is 0.0700 e. The van der Waals surface area contributed by atoms with Crippen LogP contribution in [0.2, 0.25) is 0 Å². The molecule has 0 amide bonds. The van der Waals surface area contributed by atoms with Crippen LogP contribution < -0.4 is 5.32 Å². The van der Waals surface area contributed by atoms with Crippen LogP contribution in [-0.4, -0.2) is 33.5 Å². The van der Waals surface area contributed by atoms with Crippen molar-refractivity contribution in [3.05, 3.63) is 29.8 Å². The monoisotopic (exact) mass is 223 g/mol. The van der Waals surface area contributed by atoms with E-state index in [-0.39, 0.29) is 0 Å². The molecule has 0 radical (unpaired) electrons. The number of methoxy groups -OCH3 is 1. The lowest BCUT2D eigenvalue weighted by Crippen LogP contribution is -2.08. The Balaban J connectivity index is 2.03. The Kier molecular flexibility index (Phi) is 6.61. The summed E-state index contributed by atoms with van der Waals surface area (Å²) >= 11 is 0. The van der Waals surface area contributed by atoms with E-state index in [9.17, 15) is 0 Å². The van der Waals surface area contributed by atoms with Crippen LogP contribution in [0.4, 0.5) is 5.69 Å². The normalized spacial score (nSPS) is 10.4. The Morgan fingerprint density at radius 1 is 1.19 bits per heavy atom. The van der Waals surface area contributed by atoms with E-state index in [1.54, 1.807) is 7.11 Å². The molecular formula is C13H21NO2. The van der Waals surface area contributed by atoms with Gasteiger partial charge in [0, 0.05) is 25.9 Å². The van der Waals surface area contributed by atoms with Gasteiger partial charge in [0.2, 0.25) is 0 Å². The minimum atomic E-state index is 0.672. The molecule has 1 aromatic carbocycles. The smallest absolute Gasteiger partial charge is 0.0700 e. The fourth-order valence-electron chi connectivity index (χ4n) is 1.41. The zero-order chi connectivity index (χ0) is 11.6. The topological polar surface area (TPSA) is 30.5 Å². The van der Waals surface area contributed by atoms with E-state index in [2.05, 4.69) is 36.5 Å². The fourth-order valence-corrected chi connectivity index (χ4v) is 1.41. The highest BCUT2D eigenvalue weighted by atomic mass is 16.5. The highest BCUT2D eigenvalue weighted by Gasteiger charge is 1.92. The van der Waals surface area contributed by atoms with Gasteiger partial charge in [-0.15, -0.1) is 0 Å². The van der Waals surface area contributed by atoms with Crippen molar-refractivity contribution in [1.82, 2.24) is 0 Å². The Hall–Kier alpha value is -1.06. The van der Waals surface area contributed by atoms with Crippen molar-refractivity contribution in [2.24, 2.45) is 0 Å². The highest BCUT2D eigenvalue weighted by Crippen LogP contribution is 2.08. The summed E-state index contributed by atoms with van der Waals surface area (Å²) in [5.41, 5.74) is 2.46. The first-order valence-electron chi connectivity index (χ1n) is 5.70. The fraction of sp³-hybridized carbons (Fsp3) is 0.538. The number of benzene rings is 1. The lowest BCUT2D eigenvalue weighted by Gasteiger charge is -2.07. The molecule has 0 unspecified atom stereocenters. The van der Waals surface area contributed by atoms with E-state index in [1.165, 1.54) is 11.3 Å². The van der Waals surface area contributed by atoms with Crippen molar-refractivity contribution in [2.45, 2.75) is 13.3 Å². The minimum absolute atomic E-state index is 0.672. The van der Waals surface area contributed by atoms with Gasteiger partial charge in [0.15, 0.2) is 0 Å². The van der Waals surface area contributed by atoms with Crippen molar-refractivity contribution >= 4 is 5.69 Å². The Bertz CT molecular complexity index is 289. The first-order chi connectivity index (χ1) is 7.83. The predicted molar refractivity (Wildman–Crippen MR) is 67.0 cm³/mol. The maximum absolute atomic E-state index is 5.37. The molecule has 0 spiro atoms. The first-order valence-corrected chi connectivity index (χ1v) is 5.70. The number of hydrogen-bond acceptors (Lipinski definition) is 3. The Labute approximate surface area is 97.8 Å². The van der Waals surface area contributed by atoms with Crippen LogP contribution in [0.25, 0.3) is 0 Å². The molecule has 1 N–H and O–H groups in total. The zero-order valence-electron chi connectivity index (χ0n) is 10.2. The number of nitrogens with one attached hydrogen (secondary N) is 1. The second-order valence-electron chi connectivity index (χ2n) is 3.75. The van der Waals surface area contributed by atoms with Crippen LogP contribution in [0.3, 0.4) is 0 Å². The third-order valence-electron chi connectivity index (χ3n) is 2.24. The van der Waals surface area contributed by atoms with Crippen molar-refractivity contribution in [1.29, 1.82) is 0 Å². The molecule has 0 fully saturated rings. The summed E-state index contributed by atoms with van der Waals surface area (Å²) in [6.45, 7) is 5.17. The minimum Gasteiger partial charge on any atom is -0.385 e. The van der Waals surface area contributed by atoms with Gasteiger partial charge < -0.3 is 14.8 Å². The van der Waals surface area contributed by atoms with E-state index in [4.69, 9.17) is 9.47 Å². The average Bonchev–Trinajstić information content (AvgIpc) is 2.28. The van der Waals surface area contributed by atoms with Gasteiger partial charge in [-0.3, -0.25) is 0 Å². The van der Waals surface area contributed by atoms with Gasteiger partial charge in [-0.25, -0.2) is 0 Å². The number of ether oxygens (including phenoxy) is 2. The third-order valence-corrected chi connectivity index (χ3v) is 2.24. The van der Waals surface area contributed by atoms with Crippen molar-refractivity contribution in [3.63, 3.8) is 0 Å². The van der Waals surface area contributed by atoms with E-state index in [0.717, 1.165) is 19.6 Å². The lowest BCUT2D eigenvalue weighted by atomic mass is 10.2. The molecule has 3 heteroatoms. The van der Waals surface area contributed by atoms with Crippen LogP contribution >= 0.6 is 0 Å². The number of hydrogen-bond donors (Lipinski definition) is 1. The second kappa shape index (κ2) is 8.13. The van der Waals surface area contributed by atoms with Gasteiger partial charge >= 0.3 is 0 Å². The molecule has 0 saturated carbocycles. The van der Waals surface area contributed by atoms with Gasteiger partial charge in [-0.05, 0) is 31.0 Å². The number of anilines is 1. The van der Waals surface area contributed by atoms with Gasteiger partial charge in [0.1, 0.15) is 0 Å². The molecule has 16 heavy (non-hydrogen) atoms. The van der Waals surface area contributed by atoms with E-state index in [0.29, 0.717) is 13.2 Å². The standard InChI is InChI=1S/C13H21NO2/c1-12-5-3-6-13(11-12)14-7-4-8-16-10-9-15-2/h3,5-6,11,14H,4,7-10H2,1-2H3. The molecule has 0 aliphatic carbocycles. The molecule has 1 rings (SSSR count). The predicted octanol–water partition coefficient (Wildman–Crippen LogP) is 2.46. The van der Waals surface area contributed by atoms with Crippen LogP contribution in [0.1, 0.15) is 12.0 Å². The van der Waals surface area contributed by atoms with Gasteiger partial charge in [0.25, 0.3) is 0 Å². The quantitative estimate of drug-likeness (QED) is 0.687. The van der Waals surface area contributed by atoms with Gasteiger partial charge in [-0.2, -0.15) is 0 Å². The third kappa shape index (κ3) is 5.73. The molecule has 0 bridgehead atoms. The Morgan fingerprint density at radius 2 is 2.06 bits per heavy atom. The summed E-state index contributed by atoms with van der Waals surface area (Å²) in [5, 5.41) is 3.37. The number of aryl methyl sites for hydroxylation is 1. The first kappa shape index (κ1) is 13.0. The van der Waals surface area contributed by atoms with Crippen LogP contribution in [0.15, 0.2) is 24.3 Å². The van der Waals surface area contributed by atoms with Crippen molar-refractivity contribution in [3.8, 4) is 0 Å². The van der Waals surface area contributed by atoms with Gasteiger partial charge in [0.05, 0.1) is 13.2 Å². The van der Waals surface area contributed by atoms with E-state index < -0.39 is 0 Å². The Morgan fingerprint density at radius 3 is 2.81 bits per heavy atom. The van der Waals surface area contributed by atoms with Gasteiger partial charge in [-0.1, -0.05) is 12.1 Å². The molecule has 3 nitrogen and oxygen atoms in total. The molecule has 1 aromatic rings. The zero-order valence-corrected chi connectivity index (χ0v) is 10.2. The molecule has 0 heterocycles. The summed E-state index contributed by atoms with van der Waals surface area (Å²) < 4.78 is 10.3. The largest absolute Gasteiger partial charge is 0.385 e. The maximum atomic E-state index is 5.37. The van der Waals surface area contributed by atoms with Crippen molar-refractivity contribution < 1.29 is 9.47 Å². The molecule has 0 aromatic heterocycles. The second-order valence-corrected chi connectivity index (χ2v) is 3.75. The molecule has 0 saturated heterocycles. The van der Waals surface area contributed by atoms with Crippen LogP contribution in [0, 0.1) is 6.92 Å². The summed E-state index contributed by atoms with van der Waals surface area (Å²) in [4.78, 5) is 0. The number of rotatable bonds is 8. The molecule has 0 aliphatic rings. The molecular weight excluding hydrogens is 202 g/mol. The highest BCUT2D eigenvalue weighted by molar-refractivity contribution is 5.45. The SMILES string of the molecule is COCCOCCCNc1cccc(C)c1. The molecule has 90 valence electrons. The lowest BCUT2D eigenvalue weighted by molar-refractivity contribution is 0.0705. The van der Waals surface area contributed by atoms with E-state index in [1.807, 2.05) is 0 Å². The summed E-state index contributed by atoms with van der Waals surface area (Å²) in [6, 6.07) is 8.39. The van der Waals surface area contributed by atoms with Crippen molar-refractivity contribution in [2.75, 3.05) is 38.8 Å².